The molecule has 12 heteroatoms. The zero-order valence-corrected chi connectivity index (χ0v) is 34.5. The first-order valence-corrected chi connectivity index (χ1v) is 20.5. The predicted octanol–water partition coefficient (Wildman–Crippen LogP) is 14.5. The first-order valence-electron chi connectivity index (χ1n) is 18.9. The Bertz CT molecular complexity index is 2920. The number of carboxylic acids is 1. The molecule has 0 saturated heterocycles. The molecule has 0 amide bonds. The van der Waals surface area contributed by atoms with Gasteiger partial charge in [-0.3, -0.25) is 0 Å². The van der Waals surface area contributed by atoms with Gasteiger partial charge in [-0.1, -0.05) is 84.9 Å². The van der Waals surface area contributed by atoms with E-state index in [9.17, 15) is 41.0 Å². The van der Waals surface area contributed by atoms with Crippen LogP contribution in [0, 0.1) is 13.8 Å². The van der Waals surface area contributed by atoms with E-state index < -0.39 is 35.4 Å². The molecule has 0 aliphatic carbocycles. The quantitative estimate of drug-likeness (QED) is 0.122. The number of benzene rings is 6. The molecule has 1 N–H and O–H groups in total. The highest BCUT2D eigenvalue weighted by molar-refractivity contribution is 7.20. The number of hydrogen-bond donors (Lipinski definition) is 1. The van der Waals surface area contributed by atoms with Crippen LogP contribution in [-0.2, 0) is 29.9 Å². The summed E-state index contributed by atoms with van der Waals surface area (Å²) in [6.45, 7) is 3.91. The summed E-state index contributed by atoms with van der Waals surface area (Å²) >= 11 is 3.08. The van der Waals surface area contributed by atoms with Crippen LogP contribution in [0.15, 0.2) is 133 Å². The highest BCUT2D eigenvalue weighted by atomic mass is 32.1. The Kier molecular flexibility index (Phi) is 12.2. The van der Waals surface area contributed by atoms with Crippen molar-refractivity contribution in [2.75, 3.05) is 7.11 Å². The normalized spacial score (nSPS) is 11.7. The first-order chi connectivity index (χ1) is 29.0. The number of carboxylic acid groups (broad SMARTS) is 1. The van der Waals surface area contributed by atoms with Gasteiger partial charge in [0.1, 0.15) is 0 Å². The summed E-state index contributed by atoms with van der Waals surface area (Å²) in [5.41, 5.74) is 6.28. The van der Waals surface area contributed by atoms with Crippen LogP contribution in [0.4, 0.5) is 26.3 Å². The lowest BCUT2D eigenvalue weighted by atomic mass is 9.97. The zero-order chi connectivity index (χ0) is 43.6. The van der Waals surface area contributed by atoms with E-state index >= 15 is 0 Å². The van der Waals surface area contributed by atoms with Gasteiger partial charge in [0, 0.05) is 32.0 Å². The molecule has 0 atom stereocenters. The van der Waals surface area contributed by atoms with Gasteiger partial charge in [-0.15, -0.1) is 22.7 Å². The Balaban J connectivity index is 0.000000184. The Morgan fingerprint density at radius 1 is 0.541 bits per heavy atom. The summed E-state index contributed by atoms with van der Waals surface area (Å²) in [7, 11) is 1.35. The maximum absolute atomic E-state index is 13.0. The molecule has 0 bridgehead atoms. The summed E-state index contributed by atoms with van der Waals surface area (Å²) in [5.74, 6) is -1.38. The molecule has 0 fully saturated rings. The van der Waals surface area contributed by atoms with Crippen molar-refractivity contribution in [3.63, 3.8) is 0 Å². The molecule has 8 aromatic rings. The lowest BCUT2D eigenvalue weighted by Crippen LogP contribution is -2.05. The maximum atomic E-state index is 13.0. The molecule has 6 aromatic carbocycles. The van der Waals surface area contributed by atoms with E-state index in [-0.39, 0.29) is 5.56 Å². The minimum absolute atomic E-state index is 0.216. The molecule has 2 aromatic heterocycles. The number of rotatable bonds is 8. The van der Waals surface area contributed by atoms with Gasteiger partial charge in [-0.25, -0.2) is 9.59 Å². The molecule has 0 spiro atoms. The SMILES string of the molecule is COC(=O)c1ccc(C)c(-c2cccc3cc(Cc4cccc(C(F)(F)F)c4)sc23)c1.Cc1ccc(C(=O)O)cc1-c1cccc2cc(Cc3cccc(C(F)(F)F)c3)sc12. The lowest BCUT2D eigenvalue weighted by Gasteiger charge is -2.09. The van der Waals surface area contributed by atoms with E-state index in [4.69, 9.17) is 4.74 Å². The van der Waals surface area contributed by atoms with Crippen molar-refractivity contribution in [3.05, 3.63) is 188 Å². The number of fused-ring (bicyclic) bond motifs is 2. The number of thiophene rings is 2. The van der Waals surface area contributed by atoms with Gasteiger partial charge in [0.2, 0.25) is 0 Å². The smallest absolute Gasteiger partial charge is 0.416 e. The zero-order valence-electron chi connectivity index (χ0n) is 32.9. The molecule has 61 heavy (non-hydrogen) atoms. The molecule has 0 unspecified atom stereocenters. The number of carbonyl (C=O) groups excluding carboxylic acids is 1. The minimum atomic E-state index is -4.37. The Morgan fingerprint density at radius 2 is 0.967 bits per heavy atom. The van der Waals surface area contributed by atoms with E-state index in [2.05, 4.69) is 0 Å². The van der Waals surface area contributed by atoms with Crippen molar-refractivity contribution in [1.82, 2.24) is 0 Å². The molecule has 0 radical (unpaired) electrons. The highest BCUT2D eigenvalue weighted by Gasteiger charge is 2.31. The van der Waals surface area contributed by atoms with Gasteiger partial charge < -0.3 is 9.84 Å². The number of esters is 1. The number of aryl methyl sites for hydroxylation is 2. The second-order valence-electron chi connectivity index (χ2n) is 14.5. The van der Waals surface area contributed by atoms with Crippen molar-refractivity contribution in [2.24, 2.45) is 0 Å². The summed E-state index contributed by atoms with van der Waals surface area (Å²) in [6.07, 6.45) is -7.90. The fourth-order valence-corrected chi connectivity index (χ4v) is 9.59. The third-order valence-corrected chi connectivity index (χ3v) is 12.5. The van der Waals surface area contributed by atoms with Crippen molar-refractivity contribution < 1.29 is 45.8 Å². The van der Waals surface area contributed by atoms with Crippen molar-refractivity contribution in [3.8, 4) is 22.3 Å². The number of halogens is 6. The van der Waals surface area contributed by atoms with Crippen LogP contribution in [0.3, 0.4) is 0 Å². The van der Waals surface area contributed by atoms with Crippen LogP contribution < -0.4 is 0 Å². The number of ether oxygens (including phenoxy) is 1. The van der Waals surface area contributed by atoms with Gasteiger partial charge >= 0.3 is 24.3 Å². The standard InChI is InChI=1S/C25H19F3O2S.C24H17F3O2S/c1-15-9-10-18(24(29)30-2)14-22(15)21-8-4-6-17-13-20(31-23(17)21)12-16-5-3-7-19(11-16)25(26,27)28;1-14-8-9-17(23(28)29)13-21(14)20-7-3-5-16-12-19(30-22(16)20)11-15-4-2-6-18(10-15)24(25,26)27/h3-11,13-14H,12H2,1-2H3;2-10,12-13H,11H2,1H3,(H,28,29). The van der Waals surface area contributed by atoms with Gasteiger partial charge in [-0.2, -0.15) is 26.3 Å². The van der Waals surface area contributed by atoms with E-state index in [0.29, 0.717) is 29.5 Å². The van der Waals surface area contributed by atoms with Crippen LogP contribution in [-0.4, -0.2) is 24.2 Å². The third-order valence-electron chi connectivity index (χ3n) is 10.2. The van der Waals surface area contributed by atoms with Crippen molar-refractivity contribution >= 4 is 54.8 Å². The molecular formula is C49H36F6O4S2. The monoisotopic (exact) mass is 866 g/mol. The van der Waals surface area contributed by atoms with Gasteiger partial charge in [0.05, 0.1) is 29.4 Å². The number of aromatic carboxylic acids is 1. The largest absolute Gasteiger partial charge is 0.478 e. The third kappa shape index (κ3) is 9.71. The average molecular weight is 867 g/mol. The predicted molar refractivity (Wildman–Crippen MR) is 231 cm³/mol. The molecule has 8 rings (SSSR count). The van der Waals surface area contributed by atoms with Gasteiger partial charge in [0.15, 0.2) is 0 Å². The molecule has 2 heterocycles. The average Bonchev–Trinajstić information content (AvgIpc) is 3.84. The fourth-order valence-electron chi connectivity index (χ4n) is 7.15. The van der Waals surface area contributed by atoms with Gasteiger partial charge in [-0.05, 0) is 118 Å². The van der Waals surface area contributed by atoms with E-state index in [1.165, 1.54) is 42.7 Å². The summed E-state index contributed by atoms with van der Waals surface area (Å²) in [5, 5.41) is 11.3. The number of carbonyl (C=O) groups is 2. The topological polar surface area (TPSA) is 63.6 Å². The summed E-state index contributed by atoms with van der Waals surface area (Å²) in [6, 6.07) is 37.1. The van der Waals surface area contributed by atoms with Crippen LogP contribution in [0.5, 0.6) is 0 Å². The molecule has 0 saturated carbocycles. The fraction of sp³-hybridized carbons (Fsp3) is 0.143. The molecule has 0 aliphatic rings. The molecule has 4 nitrogen and oxygen atoms in total. The van der Waals surface area contributed by atoms with E-state index in [1.54, 1.807) is 47.7 Å². The first kappa shape index (κ1) is 42.9. The van der Waals surface area contributed by atoms with Crippen LogP contribution >= 0.6 is 22.7 Å². The van der Waals surface area contributed by atoms with E-state index in [1.807, 2.05) is 74.5 Å². The molecule has 310 valence electrons. The Morgan fingerprint density at radius 3 is 1.39 bits per heavy atom. The van der Waals surface area contributed by atoms with E-state index in [0.717, 1.165) is 75.4 Å². The van der Waals surface area contributed by atoms with Gasteiger partial charge in [0.25, 0.3) is 0 Å². The number of methoxy groups -OCH3 is 1. The Labute approximate surface area is 355 Å². The minimum Gasteiger partial charge on any atom is -0.478 e. The lowest BCUT2D eigenvalue weighted by molar-refractivity contribution is -0.138. The summed E-state index contributed by atoms with van der Waals surface area (Å²) < 4.78 is 85.0. The molecular weight excluding hydrogens is 831 g/mol. The second kappa shape index (κ2) is 17.4. The highest BCUT2D eigenvalue weighted by Crippen LogP contribution is 2.40. The second-order valence-corrected chi connectivity index (χ2v) is 16.8. The Hall–Kier alpha value is -6.24. The summed E-state index contributed by atoms with van der Waals surface area (Å²) in [4.78, 5) is 25.3. The molecule has 0 aliphatic heterocycles. The van der Waals surface area contributed by atoms with Crippen LogP contribution in [0.1, 0.15) is 63.9 Å². The van der Waals surface area contributed by atoms with Crippen LogP contribution in [0.2, 0.25) is 0 Å². The van der Waals surface area contributed by atoms with Crippen LogP contribution in [0.25, 0.3) is 42.4 Å². The maximum Gasteiger partial charge on any atom is 0.416 e. The number of alkyl halides is 6. The van der Waals surface area contributed by atoms with Crippen molar-refractivity contribution in [2.45, 2.75) is 39.0 Å². The van der Waals surface area contributed by atoms with Crippen molar-refractivity contribution in [1.29, 1.82) is 0 Å². The number of hydrogen-bond acceptors (Lipinski definition) is 5.